The van der Waals surface area contributed by atoms with Gasteiger partial charge in [-0.15, -0.1) is 0 Å². The van der Waals surface area contributed by atoms with Gasteiger partial charge in [0.1, 0.15) is 0 Å². The largest absolute Gasteiger partial charge is 0.326 e. The van der Waals surface area contributed by atoms with Gasteiger partial charge in [0.25, 0.3) is 5.56 Å². The molecule has 0 radical (unpaired) electrons. The summed E-state index contributed by atoms with van der Waals surface area (Å²) >= 11 is 0. The molecule has 3 rings (SSSR count). The quantitative estimate of drug-likeness (QED) is 0.680. The summed E-state index contributed by atoms with van der Waals surface area (Å²) in [6.07, 6.45) is 0.180. The summed E-state index contributed by atoms with van der Waals surface area (Å²) < 4.78 is 1.68. The van der Waals surface area contributed by atoms with Crippen molar-refractivity contribution in [1.29, 1.82) is 0 Å². The summed E-state index contributed by atoms with van der Waals surface area (Å²) in [5, 5.41) is 3.85. The summed E-state index contributed by atoms with van der Waals surface area (Å²) in [6.45, 7) is 7.76. The van der Waals surface area contributed by atoms with Gasteiger partial charge < -0.3 is 9.88 Å². The summed E-state index contributed by atoms with van der Waals surface area (Å²) in [7, 11) is 0. The average Bonchev–Trinajstić information content (AvgIpc) is 2.62. The second-order valence-corrected chi connectivity index (χ2v) is 7.23. The molecule has 0 bridgehead atoms. The Morgan fingerprint density at radius 2 is 1.64 bits per heavy atom. The lowest BCUT2D eigenvalue weighted by molar-refractivity contribution is -0.116. The maximum absolute atomic E-state index is 12.6. The molecule has 0 atom stereocenters. The maximum atomic E-state index is 12.6. The fraction of sp³-hybridized carbons (Fsp3) is 0.261. The van der Waals surface area contributed by atoms with E-state index < -0.39 is 0 Å². The number of aryl methyl sites for hydroxylation is 4. The van der Waals surface area contributed by atoms with E-state index >= 15 is 0 Å². The molecule has 1 N–H and O–H groups in total. The summed E-state index contributed by atoms with van der Waals surface area (Å²) in [4.78, 5) is 36.3. The molecule has 0 fully saturated rings. The molecule has 0 saturated heterocycles. The van der Waals surface area contributed by atoms with Gasteiger partial charge in [-0.3, -0.25) is 14.4 Å². The van der Waals surface area contributed by atoms with E-state index in [1.54, 1.807) is 34.9 Å². The van der Waals surface area contributed by atoms with E-state index in [0.717, 1.165) is 27.6 Å². The number of nitrogens with zero attached hydrogens (tertiary/aromatic N) is 1. The molecule has 0 aliphatic heterocycles. The number of hydrogen-bond acceptors (Lipinski definition) is 3. The lowest BCUT2D eigenvalue weighted by Gasteiger charge is -2.15. The number of amides is 1. The number of carbonyl (C=O) groups is 2. The van der Waals surface area contributed by atoms with Crippen LogP contribution >= 0.6 is 0 Å². The molecular weight excluding hydrogens is 352 g/mol. The standard InChI is InChI=1S/C23H24N2O3/c1-14-11-16(3)23-20(12-14)15(2)13-22(28)25(23)10-9-21(27)24-19-7-5-18(6-8-19)17(4)26/h5-8,11-13H,9-10H2,1-4H3,(H,24,27). The molecule has 1 amide bonds. The summed E-state index contributed by atoms with van der Waals surface area (Å²) in [5.41, 5.74) is 5.12. The molecule has 0 aliphatic rings. The molecule has 0 unspecified atom stereocenters. The zero-order valence-corrected chi connectivity index (χ0v) is 16.6. The van der Waals surface area contributed by atoms with E-state index in [0.29, 0.717) is 17.8 Å². The predicted molar refractivity (Wildman–Crippen MR) is 112 cm³/mol. The SMILES string of the molecule is CC(=O)c1ccc(NC(=O)CCn2c(=O)cc(C)c3cc(C)cc(C)c32)cc1. The Hall–Kier alpha value is -3.21. The Balaban J connectivity index is 1.80. The minimum Gasteiger partial charge on any atom is -0.326 e. The van der Waals surface area contributed by atoms with Crippen molar-refractivity contribution in [2.45, 2.75) is 40.7 Å². The molecule has 144 valence electrons. The summed E-state index contributed by atoms with van der Waals surface area (Å²) in [5.74, 6) is -0.199. The van der Waals surface area contributed by atoms with Gasteiger partial charge in [0, 0.05) is 35.7 Å². The topological polar surface area (TPSA) is 68.2 Å². The number of carbonyl (C=O) groups excluding carboxylic acids is 2. The first-order valence-electron chi connectivity index (χ1n) is 9.28. The third-order valence-corrected chi connectivity index (χ3v) is 4.88. The van der Waals surface area contributed by atoms with Gasteiger partial charge >= 0.3 is 0 Å². The van der Waals surface area contributed by atoms with Crippen LogP contribution in [-0.2, 0) is 11.3 Å². The van der Waals surface area contributed by atoms with E-state index in [-0.39, 0.29) is 23.7 Å². The van der Waals surface area contributed by atoms with Crippen LogP contribution in [0, 0.1) is 20.8 Å². The number of Topliss-reactive ketones (excluding diaryl/α,β-unsaturated/α-hetero) is 1. The van der Waals surface area contributed by atoms with Crippen molar-refractivity contribution >= 4 is 28.3 Å². The van der Waals surface area contributed by atoms with Gasteiger partial charge in [0.2, 0.25) is 5.91 Å². The highest BCUT2D eigenvalue weighted by atomic mass is 16.2. The molecule has 28 heavy (non-hydrogen) atoms. The third kappa shape index (κ3) is 4.03. The zero-order valence-electron chi connectivity index (χ0n) is 16.6. The van der Waals surface area contributed by atoms with Crippen LogP contribution < -0.4 is 10.9 Å². The van der Waals surface area contributed by atoms with E-state index in [9.17, 15) is 14.4 Å². The second kappa shape index (κ2) is 7.80. The number of hydrogen-bond donors (Lipinski definition) is 1. The van der Waals surface area contributed by atoms with Gasteiger partial charge in [-0.05, 0) is 69.2 Å². The molecule has 5 nitrogen and oxygen atoms in total. The van der Waals surface area contributed by atoms with Crippen molar-refractivity contribution in [2.24, 2.45) is 0 Å². The number of anilines is 1. The third-order valence-electron chi connectivity index (χ3n) is 4.88. The summed E-state index contributed by atoms with van der Waals surface area (Å²) in [6, 6.07) is 12.5. The molecule has 1 heterocycles. The fourth-order valence-electron chi connectivity index (χ4n) is 3.52. The van der Waals surface area contributed by atoms with Gasteiger partial charge in [0.05, 0.1) is 5.52 Å². The van der Waals surface area contributed by atoms with Crippen LogP contribution in [0.25, 0.3) is 10.9 Å². The van der Waals surface area contributed by atoms with E-state index in [4.69, 9.17) is 0 Å². The predicted octanol–water partition coefficient (Wildman–Crippen LogP) is 4.16. The minimum absolute atomic E-state index is 0.0193. The molecule has 0 aliphatic carbocycles. The number of nitrogens with one attached hydrogen (secondary N) is 1. The first-order valence-corrected chi connectivity index (χ1v) is 9.28. The highest BCUT2D eigenvalue weighted by Crippen LogP contribution is 2.22. The van der Waals surface area contributed by atoms with Crippen LogP contribution in [0.4, 0.5) is 5.69 Å². The number of fused-ring (bicyclic) bond motifs is 1. The van der Waals surface area contributed by atoms with Crippen molar-refractivity contribution in [3.05, 3.63) is 75.1 Å². The van der Waals surface area contributed by atoms with Gasteiger partial charge in [-0.1, -0.05) is 11.6 Å². The van der Waals surface area contributed by atoms with E-state index in [1.165, 1.54) is 6.92 Å². The number of pyridine rings is 1. The number of aromatic nitrogens is 1. The molecule has 0 spiro atoms. The second-order valence-electron chi connectivity index (χ2n) is 7.23. The molecular formula is C23H24N2O3. The smallest absolute Gasteiger partial charge is 0.251 e. The Morgan fingerprint density at radius 3 is 2.29 bits per heavy atom. The van der Waals surface area contributed by atoms with Crippen LogP contribution in [0.15, 0.2) is 47.3 Å². The highest BCUT2D eigenvalue weighted by molar-refractivity contribution is 5.95. The van der Waals surface area contributed by atoms with Crippen molar-refractivity contribution in [1.82, 2.24) is 4.57 Å². The van der Waals surface area contributed by atoms with Gasteiger partial charge in [-0.2, -0.15) is 0 Å². The number of benzene rings is 2. The van der Waals surface area contributed by atoms with E-state index in [2.05, 4.69) is 11.4 Å². The first-order chi connectivity index (χ1) is 13.3. The number of ketones is 1. The average molecular weight is 376 g/mol. The Morgan fingerprint density at radius 1 is 0.964 bits per heavy atom. The van der Waals surface area contributed by atoms with Crippen LogP contribution in [-0.4, -0.2) is 16.3 Å². The maximum Gasteiger partial charge on any atom is 0.251 e. The minimum atomic E-state index is -0.180. The van der Waals surface area contributed by atoms with Crippen LogP contribution in [0.1, 0.15) is 40.4 Å². The first kappa shape index (κ1) is 19.5. The lowest BCUT2D eigenvalue weighted by Crippen LogP contribution is -2.24. The van der Waals surface area contributed by atoms with Crippen molar-refractivity contribution in [3.8, 4) is 0 Å². The van der Waals surface area contributed by atoms with Crippen LogP contribution in [0.2, 0.25) is 0 Å². The lowest BCUT2D eigenvalue weighted by atomic mass is 10.0. The van der Waals surface area contributed by atoms with Crippen molar-refractivity contribution in [3.63, 3.8) is 0 Å². The van der Waals surface area contributed by atoms with Crippen LogP contribution in [0.3, 0.4) is 0 Å². The van der Waals surface area contributed by atoms with Crippen LogP contribution in [0.5, 0.6) is 0 Å². The Kier molecular flexibility index (Phi) is 5.45. The molecule has 5 heteroatoms. The molecule has 0 saturated carbocycles. The fourth-order valence-corrected chi connectivity index (χ4v) is 3.52. The Bertz CT molecular complexity index is 1130. The number of rotatable bonds is 5. The van der Waals surface area contributed by atoms with Crippen molar-refractivity contribution in [2.75, 3.05) is 5.32 Å². The van der Waals surface area contributed by atoms with E-state index in [1.807, 2.05) is 26.8 Å². The molecule has 2 aromatic carbocycles. The monoisotopic (exact) mass is 376 g/mol. The zero-order chi connectivity index (χ0) is 20.4. The molecule has 3 aromatic rings. The van der Waals surface area contributed by atoms with Gasteiger partial charge in [0.15, 0.2) is 5.78 Å². The van der Waals surface area contributed by atoms with Crippen molar-refractivity contribution < 1.29 is 9.59 Å². The Labute approximate surface area is 164 Å². The normalized spacial score (nSPS) is 10.9. The van der Waals surface area contributed by atoms with Gasteiger partial charge in [-0.25, -0.2) is 0 Å². The molecule has 1 aromatic heterocycles. The highest BCUT2D eigenvalue weighted by Gasteiger charge is 2.12.